The molecule has 110 valence electrons. The maximum atomic E-state index is 10.7. The van der Waals surface area contributed by atoms with Crippen LogP contribution in [0.15, 0.2) is 24.3 Å². The number of benzene rings is 1. The molecule has 1 N–H and O–H groups in total. The average molecular weight is 387 g/mol. The van der Waals surface area contributed by atoms with Crippen LogP contribution < -0.4 is 24.0 Å². The Morgan fingerprint density at radius 3 is 2.60 bits per heavy atom. The summed E-state index contributed by atoms with van der Waals surface area (Å²) in [6, 6.07) is 8.47. The summed E-state index contributed by atoms with van der Waals surface area (Å²) in [7, 11) is 0. The Morgan fingerprint density at radius 2 is 2.00 bits per heavy atom. The van der Waals surface area contributed by atoms with E-state index in [0.29, 0.717) is 0 Å². The smallest absolute Gasteiger partial charge is 0.303 e. The van der Waals surface area contributed by atoms with Crippen molar-refractivity contribution in [3.05, 3.63) is 29.8 Å². The summed E-state index contributed by atoms with van der Waals surface area (Å²) in [6.07, 6.45) is 1.85. The van der Waals surface area contributed by atoms with Crippen molar-refractivity contribution in [2.24, 2.45) is 0 Å². The number of rotatable bonds is 5. The molecule has 1 aliphatic rings. The van der Waals surface area contributed by atoms with Gasteiger partial charge in [0.25, 0.3) is 0 Å². The van der Waals surface area contributed by atoms with Crippen LogP contribution in [0.1, 0.15) is 45.6 Å². The first-order valence-corrected chi connectivity index (χ1v) is 6.93. The number of para-hydroxylation sites is 1. The second kappa shape index (κ2) is 6.70. The number of hydrogen-bond acceptors (Lipinski definition) is 1. The van der Waals surface area contributed by atoms with E-state index < -0.39 is 5.97 Å². The van der Waals surface area contributed by atoms with E-state index in [1.807, 2.05) is 0 Å². The zero-order valence-electron chi connectivity index (χ0n) is 12.3. The number of carboxylic acid groups (broad SMARTS) is 1. The number of carboxylic acids is 1. The standard InChI is InChI=1S/C16H21NO2.HI/c1-4-17-12(2)16(3,11-7-10-15(18)19)13-8-5-6-9-14(13)17;/h5-6,8-9H,4,7,10-11H2,1-3H3;1H. The van der Waals surface area contributed by atoms with E-state index in [4.69, 9.17) is 5.11 Å². The Labute approximate surface area is 137 Å². The van der Waals surface area contributed by atoms with Crippen LogP contribution in [0.4, 0.5) is 5.69 Å². The van der Waals surface area contributed by atoms with Crippen LogP contribution in [0.25, 0.3) is 0 Å². The highest BCUT2D eigenvalue weighted by Gasteiger charge is 2.45. The summed E-state index contributed by atoms with van der Waals surface area (Å²) in [6.45, 7) is 7.52. The molecule has 0 spiro atoms. The van der Waals surface area contributed by atoms with Crippen molar-refractivity contribution in [3.63, 3.8) is 0 Å². The van der Waals surface area contributed by atoms with Gasteiger partial charge in [0, 0.05) is 25.0 Å². The molecule has 20 heavy (non-hydrogen) atoms. The highest BCUT2D eigenvalue weighted by Crippen LogP contribution is 2.42. The van der Waals surface area contributed by atoms with Crippen molar-refractivity contribution in [1.82, 2.24) is 0 Å². The maximum Gasteiger partial charge on any atom is 0.303 e. The predicted octanol–water partition coefficient (Wildman–Crippen LogP) is 0.342. The Kier molecular flexibility index (Phi) is 5.74. The number of nitrogens with zero attached hydrogens (tertiary/aromatic N) is 1. The minimum atomic E-state index is -0.708. The first-order chi connectivity index (χ1) is 9.00. The van der Waals surface area contributed by atoms with E-state index in [9.17, 15) is 4.79 Å². The van der Waals surface area contributed by atoms with Crippen LogP contribution in [0, 0.1) is 0 Å². The molecule has 4 heteroatoms. The number of aliphatic carboxylic acids is 1. The van der Waals surface area contributed by atoms with Crippen molar-refractivity contribution >= 4 is 17.4 Å². The minimum Gasteiger partial charge on any atom is -1.00 e. The van der Waals surface area contributed by atoms with Crippen LogP contribution in [0.5, 0.6) is 0 Å². The quantitative estimate of drug-likeness (QED) is 0.585. The second-order valence-electron chi connectivity index (χ2n) is 5.43. The zero-order valence-corrected chi connectivity index (χ0v) is 14.5. The fourth-order valence-electron chi connectivity index (χ4n) is 3.17. The summed E-state index contributed by atoms with van der Waals surface area (Å²) < 4.78 is 2.34. The third kappa shape index (κ3) is 2.90. The lowest BCUT2D eigenvalue weighted by atomic mass is 9.76. The van der Waals surface area contributed by atoms with Crippen LogP contribution >= 0.6 is 0 Å². The van der Waals surface area contributed by atoms with Crippen molar-refractivity contribution in [1.29, 1.82) is 0 Å². The Hall–Kier alpha value is -0.910. The number of hydrogen-bond donors (Lipinski definition) is 1. The summed E-state index contributed by atoms with van der Waals surface area (Å²) in [5, 5.41) is 8.81. The first kappa shape index (κ1) is 17.1. The molecule has 0 fully saturated rings. The van der Waals surface area contributed by atoms with Gasteiger partial charge in [-0.3, -0.25) is 4.79 Å². The van der Waals surface area contributed by atoms with E-state index >= 15 is 0 Å². The molecule has 1 aliphatic heterocycles. The largest absolute Gasteiger partial charge is 1.00 e. The molecule has 0 aliphatic carbocycles. The van der Waals surface area contributed by atoms with E-state index in [1.165, 1.54) is 17.0 Å². The Balaban J connectivity index is 0.00000200. The highest BCUT2D eigenvalue weighted by molar-refractivity contribution is 5.93. The summed E-state index contributed by atoms with van der Waals surface area (Å²) in [4.78, 5) is 10.7. The van der Waals surface area contributed by atoms with Crippen molar-refractivity contribution < 1.29 is 38.5 Å². The number of halogens is 1. The molecule has 1 heterocycles. The molecule has 1 aromatic carbocycles. The third-order valence-corrected chi connectivity index (χ3v) is 4.38. The topological polar surface area (TPSA) is 40.3 Å². The highest BCUT2D eigenvalue weighted by atomic mass is 127. The Bertz CT molecular complexity index is 539. The molecule has 0 bridgehead atoms. The number of carbonyl (C=O) groups is 1. The average Bonchev–Trinajstić information content (AvgIpc) is 2.59. The summed E-state index contributed by atoms with van der Waals surface area (Å²) in [5.74, 6) is -0.708. The predicted molar refractivity (Wildman–Crippen MR) is 76.4 cm³/mol. The fourth-order valence-corrected chi connectivity index (χ4v) is 3.17. The normalized spacial score (nSPS) is 20.6. The van der Waals surface area contributed by atoms with Gasteiger partial charge in [-0.1, -0.05) is 18.2 Å². The lowest BCUT2D eigenvalue weighted by Gasteiger charge is -2.21. The molecule has 0 aromatic heterocycles. The molecule has 1 unspecified atom stereocenters. The molecule has 0 saturated heterocycles. The van der Waals surface area contributed by atoms with Crippen molar-refractivity contribution in [2.45, 2.75) is 45.4 Å². The molecule has 1 atom stereocenters. The van der Waals surface area contributed by atoms with Crippen molar-refractivity contribution in [3.8, 4) is 0 Å². The second-order valence-corrected chi connectivity index (χ2v) is 5.43. The summed E-state index contributed by atoms with van der Waals surface area (Å²) >= 11 is 0. The molecule has 0 saturated carbocycles. The van der Waals surface area contributed by atoms with E-state index in [2.05, 4.69) is 49.6 Å². The van der Waals surface area contributed by atoms with Gasteiger partial charge in [-0.15, -0.1) is 0 Å². The SMILES string of the molecule is CC[N+]1=C(C)C(C)(CCCC(=O)O)c2ccccc21.[I-]. The van der Waals surface area contributed by atoms with Gasteiger partial charge in [-0.05, 0) is 26.7 Å². The maximum absolute atomic E-state index is 10.7. The lowest BCUT2D eigenvalue weighted by Crippen LogP contribution is -3.00. The van der Waals surface area contributed by atoms with Gasteiger partial charge in [0.15, 0.2) is 5.71 Å². The van der Waals surface area contributed by atoms with Gasteiger partial charge in [0.1, 0.15) is 6.54 Å². The third-order valence-electron chi connectivity index (χ3n) is 4.38. The van der Waals surface area contributed by atoms with Gasteiger partial charge in [-0.2, -0.15) is 4.58 Å². The lowest BCUT2D eigenvalue weighted by molar-refractivity contribution is -0.434. The van der Waals surface area contributed by atoms with Crippen LogP contribution in [0.3, 0.4) is 0 Å². The fraction of sp³-hybridized carbons (Fsp3) is 0.500. The van der Waals surface area contributed by atoms with Crippen LogP contribution in [-0.4, -0.2) is 27.9 Å². The van der Waals surface area contributed by atoms with E-state index in [-0.39, 0.29) is 35.8 Å². The molecular formula is C16H22INO2. The Morgan fingerprint density at radius 1 is 1.35 bits per heavy atom. The molecule has 0 amide bonds. The van der Waals surface area contributed by atoms with E-state index in [1.54, 1.807) is 0 Å². The molecule has 2 rings (SSSR count). The molecular weight excluding hydrogens is 365 g/mol. The van der Waals surface area contributed by atoms with Crippen molar-refractivity contribution in [2.75, 3.05) is 6.54 Å². The van der Waals surface area contributed by atoms with Gasteiger partial charge in [-0.25, -0.2) is 0 Å². The van der Waals surface area contributed by atoms with Gasteiger partial charge in [0.05, 0.1) is 5.41 Å². The number of fused-ring (bicyclic) bond motifs is 1. The first-order valence-electron chi connectivity index (χ1n) is 6.93. The summed E-state index contributed by atoms with van der Waals surface area (Å²) in [5.41, 5.74) is 3.92. The van der Waals surface area contributed by atoms with Crippen LogP contribution in [-0.2, 0) is 10.2 Å². The molecule has 1 aromatic rings. The van der Waals surface area contributed by atoms with E-state index in [0.717, 1.165) is 19.4 Å². The van der Waals surface area contributed by atoms with Gasteiger partial charge < -0.3 is 29.1 Å². The van der Waals surface area contributed by atoms with Gasteiger partial charge in [0.2, 0.25) is 5.69 Å². The minimum absolute atomic E-state index is 0. The van der Waals surface area contributed by atoms with Gasteiger partial charge >= 0.3 is 5.97 Å². The van der Waals surface area contributed by atoms with Crippen LogP contribution in [0.2, 0.25) is 0 Å². The molecule has 3 nitrogen and oxygen atoms in total. The zero-order chi connectivity index (χ0) is 14.0. The molecule has 0 radical (unpaired) electrons. The monoisotopic (exact) mass is 387 g/mol.